The monoisotopic (exact) mass is 260 g/mol. The number of hydrogen-bond acceptors (Lipinski definition) is 3. The number of fused-ring (bicyclic) bond motifs is 1. The van der Waals surface area contributed by atoms with Gasteiger partial charge in [-0.3, -0.25) is 4.79 Å². The Morgan fingerprint density at radius 2 is 2.16 bits per heavy atom. The molecular weight excluding hydrogens is 240 g/mol. The maximum atomic E-state index is 12.2. The fraction of sp³-hybridized carbons (Fsp3) is 0.429. The third kappa shape index (κ3) is 2.76. The summed E-state index contributed by atoms with van der Waals surface area (Å²) in [5.74, 6) is -0.127. The molecule has 0 atom stereocenters. The van der Waals surface area contributed by atoms with E-state index < -0.39 is 0 Å². The quantitative estimate of drug-likeness (QED) is 0.857. The van der Waals surface area contributed by atoms with Crippen molar-refractivity contribution in [3.63, 3.8) is 0 Å². The van der Waals surface area contributed by atoms with Gasteiger partial charge in [0.15, 0.2) is 0 Å². The summed E-state index contributed by atoms with van der Waals surface area (Å²) >= 11 is 0. The van der Waals surface area contributed by atoms with Crippen molar-refractivity contribution >= 4 is 11.4 Å². The first-order valence-corrected chi connectivity index (χ1v) is 6.59. The molecule has 102 valence electrons. The molecular formula is C14H20N4O. The minimum atomic E-state index is -0.335. The molecule has 0 aliphatic carbocycles. The number of hydrogen-bond donors (Lipinski definition) is 2. The SMILES string of the molecule is CCC(N)(CC)CNC(=O)c1cnn2ccccc12. The highest BCUT2D eigenvalue weighted by Crippen LogP contribution is 2.12. The lowest BCUT2D eigenvalue weighted by Gasteiger charge is -2.26. The summed E-state index contributed by atoms with van der Waals surface area (Å²) in [6, 6.07) is 5.64. The van der Waals surface area contributed by atoms with E-state index in [2.05, 4.69) is 10.4 Å². The molecule has 2 aromatic rings. The summed E-state index contributed by atoms with van der Waals surface area (Å²) in [7, 11) is 0. The number of carbonyl (C=O) groups is 1. The van der Waals surface area contributed by atoms with Gasteiger partial charge in [-0.15, -0.1) is 0 Å². The van der Waals surface area contributed by atoms with Crippen molar-refractivity contribution in [2.24, 2.45) is 5.73 Å². The molecule has 2 heterocycles. The topological polar surface area (TPSA) is 72.4 Å². The highest BCUT2D eigenvalue weighted by molar-refractivity contribution is 6.00. The van der Waals surface area contributed by atoms with Crippen molar-refractivity contribution < 1.29 is 4.79 Å². The van der Waals surface area contributed by atoms with Gasteiger partial charge in [-0.05, 0) is 25.0 Å². The molecule has 0 saturated heterocycles. The lowest BCUT2D eigenvalue weighted by Crippen LogP contribution is -2.49. The maximum absolute atomic E-state index is 12.2. The van der Waals surface area contributed by atoms with Crippen LogP contribution in [0.4, 0.5) is 0 Å². The summed E-state index contributed by atoms with van der Waals surface area (Å²) in [5, 5.41) is 7.05. The average molecular weight is 260 g/mol. The Labute approximate surface area is 112 Å². The standard InChI is InChI=1S/C14H20N4O/c1-3-14(15,4-2)10-16-13(19)11-9-17-18-8-6-5-7-12(11)18/h5-9H,3-4,10,15H2,1-2H3,(H,16,19). The highest BCUT2D eigenvalue weighted by Gasteiger charge is 2.22. The molecule has 0 saturated carbocycles. The Balaban J connectivity index is 2.12. The van der Waals surface area contributed by atoms with Crippen LogP contribution in [0.1, 0.15) is 37.0 Å². The van der Waals surface area contributed by atoms with E-state index >= 15 is 0 Å². The molecule has 0 unspecified atom stereocenters. The number of carbonyl (C=O) groups excluding carboxylic acids is 1. The molecule has 0 aliphatic heterocycles. The van der Waals surface area contributed by atoms with Crippen molar-refractivity contribution in [1.82, 2.24) is 14.9 Å². The van der Waals surface area contributed by atoms with E-state index in [4.69, 9.17) is 5.73 Å². The van der Waals surface area contributed by atoms with Gasteiger partial charge >= 0.3 is 0 Å². The van der Waals surface area contributed by atoms with Gasteiger partial charge in [0.05, 0.1) is 17.3 Å². The molecule has 0 bridgehead atoms. The first kappa shape index (κ1) is 13.5. The van der Waals surface area contributed by atoms with Crippen molar-refractivity contribution in [2.75, 3.05) is 6.54 Å². The summed E-state index contributed by atoms with van der Waals surface area (Å²) < 4.78 is 1.68. The Kier molecular flexibility index (Phi) is 3.85. The van der Waals surface area contributed by atoms with Crippen LogP contribution in [-0.2, 0) is 0 Å². The van der Waals surface area contributed by atoms with Crippen LogP contribution >= 0.6 is 0 Å². The van der Waals surface area contributed by atoms with Crippen LogP contribution in [-0.4, -0.2) is 27.6 Å². The summed E-state index contributed by atoms with van der Waals surface area (Å²) in [4.78, 5) is 12.2. The van der Waals surface area contributed by atoms with E-state index in [0.29, 0.717) is 12.1 Å². The van der Waals surface area contributed by atoms with E-state index in [1.54, 1.807) is 10.7 Å². The van der Waals surface area contributed by atoms with Crippen molar-refractivity contribution in [3.05, 3.63) is 36.2 Å². The Morgan fingerprint density at radius 3 is 2.84 bits per heavy atom. The Hall–Kier alpha value is -1.88. The van der Waals surface area contributed by atoms with Crippen LogP contribution in [0, 0.1) is 0 Å². The molecule has 0 radical (unpaired) electrons. The average Bonchev–Trinajstić information content (AvgIpc) is 2.88. The fourth-order valence-electron chi connectivity index (χ4n) is 1.96. The van der Waals surface area contributed by atoms with Crippen LogP contribution in [0.3, 0.4) is 0 Å². The van der Waals surface area contributed by atoms with E-state index in [-0.39, 0.29) is 11.4 Å². The number of amides is 1. The van der Waals surface area contributed by atoms with E-state index in [9.17, 15) is 4.79 Å². The van der Waals surface area contributed by atoms with Crippen LogP contribution in [0.15, 0.2) is 30.6 Å². The van der Waals surface area contributed by atoms with Gasteiger partial charge in [-0.1, -0.05) is 19.9 Å². The first-order chi connectivity index (χ1) is 9.09. The van der Waals surface area contributed by atoms with E-state index in [1.165, 1.54) is 0 Å². The summed E-state index contributed by atoms with van der Waals surface area (Å²) in [6.45, 7) is 4.54. The van der Waals surface area contributed by atoms with Crippen molar-refractivity contribution in [3.8, 4) is 0 Å². The minimum Gasteiger partial charge on any atom is -0.350 e. The second kappa shape index (κ2) is 5.40. The largest absolute Gasteiger partial charge is 0.350 e. The van der Waals surface area contributed by atoms with E-state index in [0.717, 1.165) is 18.4 Å². The minimum absolute atomic E-state index is 0.127. The molecule has 0 spiro atoms. The van der Waals surface area contributed by atoms with E-state index in [1.807, 2.05) is 38.2 Å². The number of nitrogens with one attached hydrogen (secondary N) is 1. The molecule has 5 nitrogen and oxygen atoms in total. The second-order valence-corrected chi connectivity index (χ2v) is 4.84. The molecule has 0 aliphatic rings. The molecule has 0 aromatic carbocycles. The molecule has 19 heavy (non-hydrogen) atoms. The van der Waals surface area contributed by atoms with Crippen LogP contribution < -0.4 is 11.1 Å². The van der Waals surface area contributed by atoms with Gasteiger partial charge in [-0.25, -0.2) is 4.52 Å². The van der Waals surface area contributed by atoms with Gasteiger partial charge in [0.25, 0.3) is 5.91 Å². The number of aromatic nitrogens is 2. The maximum Gasteiger partial charge on any atom is 0.255 e. The van der Waals surface area contributed by atoms with Gasteiger partial charge in [0.2, 0.25) is 0 Å². The zero-order valence-corrected chi connectivity index (χ0v) is 11.4. The van der Waals surface area contributed by atoms with Gasteiger partial charge in [-0.2, -0.15) is 5.10 Å². The molecule has 5 heteroatoms. The highest BCUT2D eigenvalue weighted by atomic mass is 16.1. The predicted octanol–water partition coefficient (Wildman–Crippen LogP) is 1.58. The van der Waals surface area contributed by atoms with Crippen molar-refractivity contribution in [2.45, 2.75) is 32.2 Å². The zero-order chi connectivity index (χ0) is 13.9. The van der Waals surface area contributed by atoms with Crippen molar-refractivity contribution in [1.29, 1.82) is 0 Å². The molecule has 2 rings (SSSR count). The Morgan fingerprint density at radius 1 is 1.42 bits per heavy atom. The van der Waals surface area contributed by atoms with Crippen LogP contribution in [0.2, 0.25) is 0 Å². The Bertz CT molecular complexity index is 572. The molecule has 2 aromatic heterocycles. The van der Waals surface area contributed by atoms with Gasteiger partial charge in [0.1, 0.15) is 0 Å². The smallest absolute Gasteiger partial charge is 0.255 e. The van der Waals surface area contributed by atoms with Gasteiger partial charge in [0, 0.05) is 18.3 Å². The summed E-state index contributed by atoms with van der Waals surface area (Å²) in [5.41, 5.74) is 7.22. The number of nitrogens with zero attached hydrogens (tertiary/aromatic N) is 2. The third-order valence-corrected chi connectivity index (χ3v) is 3.68. The number of pyridine rings is 1. The second-order valence-electron chi connectivity index (χ2n) is 4.84. The molecule has 3 N–H and O–H groups in total. The zero-order valence-electron chi connectivity index (χ0n) is 11.4. The van der Waals surface area contributed by atoms with Gasteiger partial charge < -0.3 is 11.1 Å². The number of nitrogens with two attached hydrogens (primary N) is 1. The lowest BCUT2D eigenvalue weighted by molar-refractivity contribution is 0.0944. The molecule has 0 fully saturated rings. The fourth-order valence-corrected chi connectivity index (χ4v) is 1.96. The third-order valence-electron chi connectivity index (χ3n) is 3.68. The number of rotatable bonds is 5. The molecule has 1 amide bonds. The lowest BCUT2D eigenvalue weighted by atomic mass is 9.94. The normalized spacial score (nSPS) is 11.7. The summed E-state index contributed by atoms with van der Waals surface area (Å²) in [6.07, 6.45) is 5.06. The van der Waals surface area contributed by atoms with Crippen LogP contribution in [0.5, 0.6) is 0 Å². The first-order valence-electron chi connectivity index (χ1n) is 6.59. The predicted molar refractivity (Wildman–Crippen MR) is 75.0 cm³/mol. The van der Waals surface area contributed by atoms with Crippen LogP contribution in [0.25, 0.3) is 5.52 Å².